The van der Waals surface area contributed by atoms with Crippen LogP contribution in [-0.4, -0.2) is 18.1 Å². The average Bonchev–Trinajstić information content (AvgIpc) is 2.68. The van der Waals surface area contributed by atoms with Crippen LogP contribution in [0.4, 0.5) is 0 Å². The summed E-state index contributed by atoms with van der Waals surface area (Å²) in [6.07, 6.45) is 1.42. The van der Waals surface area contributed by atoms with E-state index in [0.29, 0.717) is 26.9 Å². The van der Waals surface area contributed by atoms with Crippen LogP contribution >= 0.6 is 34.8 Å². The van der Waals surface area contributed by atoms with Gasteiger partial charge in [-0.25, -0.2) is 10.2 Å². The Balaban J connectivity index is 1.66. The second-order valence-electron chi connectivity index (χ2n) is 5.77. The Labute approximate surface area is 181 Å². The van der Waals surface area contributed by atoms with Crippen molar-refractivity contribution in [1.29, 1.82) is 0 Å². The number of hydrogen-bond donors (Lipinski definition) is 1. The number of carbonyl (C=O) groups is 2. The van der Waals surface area contributed by atoms with Gasteiger partial charge in [0.15, 0.2) is 0 Å². The van der Waals surface area contributed by atoms with Crippen molar-refractivity contribution in [2.75, 3.05) is 0 Å². The van der Waals surface area contributed by atoms with Crippen molar-refractivity contribution in [3.8, 4) is 5.75 Å². The quantitative estimate of drug-likeness (QED) is 0.238. The molecule has 3 rings (SSSR count). The molecule has 0 atom stereocenters. The Morgan fingerprint density at radius 3 is 2.41 bits per heavy atom. The summed E-state index contributed by atoms with van der Waals surface area (Å²) in [5.41, 5.74) is 3.51. The van der Waals surface area contributed by atoms with Crippen molar-refractivity contribution >= 4 is 52.9 Å². The maximum absolute atomic E-state index is 12.3. The monoisotopic (exact) mass is 446 g/mol. The van der Waals surface area contributed by atoms with Crippen molar-refractivity contribution in [3.05, 3.63) is 98.5 Å². The molecule has 1 N–H and O–H groups in total. The molecule has 0 bridgehead atoms. The highest BCUT2D eigenvalue weighted by Gasteiger charge is 2.13. The van der Waals surface area contributed by atoms with Crippen LogP contribution in [0.15, 0.2) is 71.8 Å². The third kappa shape index (κ3) is 5.57. The molecule has 3 aromatic carbocycles. The summed E-state index contributed by atoms with van der Waals surface area (Å²) in [5.74, 6) is -0.762. The van der Waals surface area contributed by atoms with Gasteiger partial charge in [-0.1, -0.05) is 59.1 Å². The first-order valence-corrected chi connectivity index (χ1v) is 9.42. The minimum atomic E-state index is -0.618. The summed E-state index contributed by atoms with van der Waals surface area (Å²) in [7, 11) is 0. The zero-order valence-corrected chi connectivity index (χ0v) is 17.0. The number of carbonyl (C=O) groups excluding carboxylic acids is 2. The molecule has 3 aromatic rings. The molecule has 5 nitrogen and oxygen atoms in total. The number of nitrogens with zero attached hydrogens (tertiary/aromatic N) is 1. The summed E-state index contributed by atoms with van der Waals surface area (Å²) in [5, 5.41) is 4.85. The Morgan fingerprint density at radius 1 is 0.862 bits per heavy atom. The Morgan fingerprint density at radius 2 is 1.66 bits per heavy atom. The molecule has 8 heteroatoms. The van der Waals surface area contributed by atoms with E-state index in [2.05, 4.69) is 10.5 Å². The van der Waals surface area contributed by atoms with Crippen LogP contribution in [0.25, 0.3) is 0 Å². The molecule has 0 aromatic heterocycles. The first kappa shape index (κ1) is 20.9. The molecule has 0 spiro atoms. The number of amides is 1. The van der Waals surface area contributed by atoms with Crippen LogP contribution < -0.4 is 10.2 Å². The molecule has 0 aliphatic carbocycles. The van der Waals surface area contributed by atoms with Crippen LogP contribution in [0.5, 0.6) is 5.75 Å². The number of benzene rings is 3. The smallest absolute Gasteiger partial charge is 0.345 e. The maximum atomic E-state index is 12.3. The van der Waals surface area contributed by atoms with Crippen LogP contribution in [0.3, 0.4) is 0 Å². The Bertz CT molecular complexity index is 1100. The van der Waals surface area contributed by atoms with Crippen molar-refractivity contribution in [1.82, 2.24) is 5.43 Å². The van der Waals surface area contributed by atoms with Gasteiger partial charge in [-0.2, -0.15) is 5.10 Å². The normalized spacial score (nSPS) is 10.7. The largest absolute Gasteiger partial charge is 0.423 e. The average molecular weight is 448 g/mol. The van der Waals surface area contributed by atoms with Gasteiger partial charge < -0.3 is 4.74 Å². The Kier molecular flexibility index (Phi) is 6.88. The minimum Gasteiger partial charge on any atom is -0.423 e. The van der Waals surface area contributed by atoms with Gasteiger partial charge in [-0.3, -0.25) is 4.79 Å². The summed E-state index contributed by atoms with van der Waals surface area (Å²) in [4.78, 5) is 24.4. The molecular formula is C21H13Cl3N2O3. The van der Waals surface area contributed by atoms with E-state index in [1.165, 1.54) is 18.3 Å². The first-order valence-electron chi connectivity index (χ1n) is 8.29. The number of hydrazone groups is 1. The second-order valence-corrected chi connectivity index (χ2v) is 7.02. The first-order chi connectivity index (χ1) is 13.9. The standard InChI is InChI=1S/C21H13Cl3N2O3/c22-14-8-9-17(19(24)11-14)21(28)29-15-5-3-4-13(10-15)12-25-26-20(27)16-6-1-2-7-18(16)23/h1-12H,(H,26,27). The third-order valence-electron chi connectivity index (χ3n) is 3.72. The number of ether oxygens (including phenoxy) is 1. The van der Waals surface area contributed by atoms with E-state index in [-0.39, 0.29) is 10.6 Å². The highest BCUT2D eigenvalue weighted by Crippen LogP contribution is 2.23. The molecule has 29 heavy (non-hydrogen) atoms. The van der Waals surface area contributed by atoms with Gasteiger partial charge >= 0.3 is 5.97 Å². The highest BCUT2D eigenvalue weighted by atomic mass is 35.5. The molecule has 0 aliphatic rings. The zero-order chi connectivity index (χ0) is 20.8. The SMILES string of the molecule is O=C(NN=Cc1cccc(OC(=O)c2ccc(Cl)cc2Cl)c1)c1ccccc1Cl. The molecule has 0 radical (unpaired) electrons. The van der Waals surface area contributed by atoms with Crippen LogP contribution in [0.2, 0.25) is 15.1 Å². The fourth-order valence-corrected chi connectivity index (χ4v) is 3.05. The van der Waals surface area contributed by atoms with Gasteiger partial charge in [0.2, 0.25) is 0 Å². The number of esters is 1. The number of halogens is 3. The molecule has 0 aliphatic heterocycles. The van der Waals surface area contributed by atoms with E-state index in [1.54, 1.807) is 54.6 Å². The maximum Gasteiger partial charge on any atom is 0.345 e. The van der Waals surface area contributed by atoms with Crippen molar-refractivity contribution in [2.24, 2.45) is 5.10 Å². The van der Waals surface area contributed by atoms with E-state index >= 15 is 0 Å². The van der Waals surface area contributed by atoms with Gasteiger partial charge in [-0.05, 0) is 48.0 Å². The topological polar surface area (TPSA) is 67.8 Å². The van der Waals surface area contributed by atoms with Gasteiger partial charge in [0, 0.05) is 5.02 Å². The lowest BCUT2D eigenvalue weighted by atomic mass is 10.2. The van der Waals surface area contributed by atoms with E-state index in [1.807, 2.05) is 0 Å². The van der Waals surface area contributed by atoms with Gasteiger partial charge in [0.25, 0.3) is 5.91 Å². The highest BCUT2D eigenvalue weighted by molar-refractivity contribution is 6.36. The van der Waals surface area contributed by atoms with E-state index < -0.39 is 11.9 Å². The molecule has 0 heterocycles. The number of rotatable bonds is 5. The lowest BCUT2D eigenvalue weighted by Gasteiger charge is -2.07. The van der Waals surface area contributed by atoms with Gasteiger partial charge in [-0.15, -0.1) is 0 Å². The lowest BCUT2D eigenvalue weighted by molar-refractivity contribution is 0.0734. The van der Waals surface area contributed by atoms with E-state index in [9.17, 15) is 9.59 Å². The van der Waals surface area contributed by atoms with E-state index in [0.717, 1.165) is 0 Å². The lowest BCUT2D eigenvalue weighted by Crippen LogP contribution is -2.17. The molecular weight excluding hydrogens is 435 g/mol. The Hall–Kier alpha value is -2.86. The summed E-state index contributed by atoms with van der Waals surface area (Å²) in [6, 6.07) is 17.8. The molecule has 0 saturated carbocycles. The molecule has 1 amide bonds. The zero-order valence-electron chi connectivity index (χ0n) is 14.7. The van der Waals surface area contributed by atoms with Crippen molar-refractivity contribution < 1.29 is 14.3 Å². The molecule has 0 fully saturated rings. The summed E-state index contributed by atoms with van der Waals surface area (Å²) >= 11 is 17.8. The predicted octanol–water partition coefficient (Wildman–Crippen LogP) is 5.63. The number of hydrogen-bond acceptors (Lipinski definition) is 4. The fraction of sp³-hybridized carbons (Fsp3) is 0. The molecule has 0 unspecified atom stereocenters. The molecule has 146 valence electrons. The van der Waals surface area contributed by atoms with Crippen molar-refractivity contribution in [2.45, 2.75) is 0 Å². The minimum absolute atomic E-state index is 0.196. The summed E-state index contributed by atoms with van der Waals surface area (Å²) in [6.45, 7) is 0. The van der Waals surface area contributed by atoms with Crippen molar-refractivity contribution in [3.63, 3.8) is 0 Å². The van der Waals surface area contributed by atoms with Crippen LogP contribution in [0, 0.1) is 0 Å². The molecule has 0 saturated heterocycles. The third-order valence-corrected chi connectivity index (χ3v) is 4.60. The summed E-state index contributed by atoms with van der Waals surface area (Å²) < 4.78 is 5.34. The predicted molar refractivity (Wildman–Crippen MR) is 114 cm³/mol. The van der Waals surface area contributed by atoms with Gasteiger partial charge in [0.1, 0.15) is 5.75 Å². The van der Waals surface area contributed by atoms with Gasteiger partial charge in [0.05, 0.1) is 27.4 Å². The van der Waals surface area contributed by atoms with Crippen LogP contribution in [-0.2, 0) is 0 Å². The van der Waals surface area contributed by atoms with E-state index in [4.69, 9.17) is 39.5 Å². The number of nitrogens with one attached hydrogen (secondary N) is 1. The fourth-order valence-electron chi connectivity index (χ4n) is 2.35. The van der Waals surface area contributed by atoms with Crippen LogP contribution in [0.1, 0.15) is 26.3 Å². The second kappa shape index (κ2) is 9.56.